The molecular weight excluding hydrogens is 268 g/mol. The van der Waals surface area contributed by atoms with Gasteiger partial charge in [-0.25, -0.2) is 0 Å². The van der Waals surface area contributed by atoms with E-state index < -0.39 is 0 Å². The van der Waals surface area contributed by atoms with Gasteiger partial charge in [0.15, 0.2) is 0 Å². The van der Waals surface area contributed by atoms with E-state index in [2.05, 4.69) is 65.3 Å². The highest BCUT2D eigenvalue weighted by atomic mass is 15.3. The fraction of sp³-hybridized carbons (Fsp3) is 0.400. The number of fused-ring (bicyclic) bond motifs is 5. The molecule has 0 radical (unpaired) electrons. The van der Waals surface area contributed by atoms with E-state index >= 15 is 0 Å². The van der Waals surface area contributed by atoms with Crippen molar-refractivity contribution in [3.63, 3.8) is 0 Å². The summed E-state index contributed by atoms with van der Waals surface area (Å²) in [6.45, 7) is 6.97. The molecule has 0 amide bonds. The fourth-order valence-corrected chi connectivity index (χ4v) is 4.08. The van der Waals surface area contributed by atoms with Crippen LogP contribution in [0.25, 0.3) is 0 Å². The summed E-state index contributed by atoms with van der Waals surface area (Å²) in [5.41, 5.74) is 5.95. The summed E-state index contributed by atoms with van der Waals surface area (Å²) in [6.07, 6.45) is 2.30. The molecule has 2 heteroatoms. The summed E-state index contributed by atoms with van der Waals surface area (Å²) in [7, 11) is 0. The first-order valence-corrected chi connectivity index (χ1v) is 8.51. The van der Waals surface area contributed by atoms with Gasteiger partial charge in [0.05, 0.1) is 6.04 Å². The molecule has 2 aliphatic heterocycles. The third-order valence-electron chi connectivity index (χ3n) is 5.10. The van der Waals surface area contributed by atoms with E-state index in [0.717, 1.165) is 19.5 Å². The van der Waals surface area contributed by atoms with E-state index in [0.29, 0.717) is 6.04 Å². The maximum Gasteiger partial charge on any atom is 0.0672 e. The lowest BCUT2D eigenvalue weighted by molar-refractivity contribution is 0.224. The van der Waals surface area contributed by atoms with Crippen LogP contribution < -0.4 is 4.90 Å². The Bertz CT molecular complexity index is 664. The number of para-hydroxylation sites is 1. The molecule has 22 heavy (non-hydrogen) atoms. The van der Waals surface area contributed by atoms with Gasteiger partial charge in [-0.3, -0.25) is 4.90 Å². The molecule has 1 fully saturated rings. The first-order valence-electron chi connectivity index (χ1n) is 8.51. The zero-order valence-corrected chi connectivity index (χ0v) is 13.3. The quantitative estimate of drug-likeness (QED) is 0.829. The van der Waals surface area contributed by atoms with Gasteiger partial charge in [-0.2, -0.15) is 0 Å². The monoisotopic (exact) mass is 292 g/mol. The summed E-state index contributed by atoms with van der Waals surface area (Å²) < 4.78 is 0. The molecule has 0 aromatic heterocycles. The average molecular weight is 292 g/mol. The molecule has 1 atom stereocenters. The van der Waals surface area contributed by atoms with Crippen molar-refractivity contribution >= 4 is 5.69 Å². The average Bonchev–Trinajstić information content (AvgIpc) is 2.69. The van der Waals surface area contributed by atoms with Crippen molar-refractivity contribution in [3.8, 4) is 0 Å². The Morgan fingerprint density at radius 1 is 0.955 bits per heavy atom. The Morgan fingerprint density at radius 3 is 2.59 bits per heavy atom. The molecule has 0 spiro atoms. The van der Waals surface area contributed by atoms with Crippen LogP contribution in [-0.4, -0.2) is 31.1 Å². The van der Waals surface area contributed by atoms with E-state index in [1.807, 2.05) is 0 Å². The van der Waals surface area contributed by atoms with Crippen molar-refractivity contribution < 1.29 is 0 Å². The van der Waals surface area contributed by atoms with Crippen LogP contribution in [0, 0.1) is 0 Å². The van der Waals surface area contributed by atoms with Crippen molar-refractivity contribution in [1.82, 2.24) is 4.90 Å². The van der Waals surface area contributed by atoms with Gasteiger partial charge < -0.3 is 4.90 Å². The Balaban J connectivity index is 1.80. The normalized spacial score (nSPS) is 20.8. The lowest BCUT2D eigenvalue weighted by Crippen LogP contribution is -2.48. The molecule has 0 bridgehead atoms. The SMILES string of the molecule is CCCN1CCN2c3ccccc3Cc3ccccc3C2C1. The first-order chi connectivity index (χ1) is 10.9. The van der Waals surface area contributed by atoms with Crippen LogP contribution in [0.4, 0.5) is 5.69 Å². The highest BCUT2D eigenvalue weighted by Crippen LogP contribution is 2.38. The molecule has 2 aliphatic rings. The van der Waals surface area contributed by atoms with E-state index in [1.54, 1.807) is 0 Å². The number of piperazine rings is 1. The maximum atomic E-state index is 2.65. The molecule has 2 nitrogen and oxygen atoms in total. The van der Waals surface area contributed by atoms with Crippen LogP contribution in [0.3, 0.4) is 0 Å². The number of rotatable bonds is 2. The van der Waals surface area contributed by atoms with Crippen molar-refractivity contribution in [2.45, 2.75) is 25.8 Å². The second-order valence-corrected chi connectivity index (χ2v) is 6.51. The summed E-state index contributed by atoms with van der Waals surface area (Å²) in [4.78, 5) is 5.28. The Kier molecular flexibility index (Phi) is 3.63. The van der Waals surface area contributed by atoms with Crippen LogP contribution in [0.5, 0.6) is 0 Å². The smallest absolute Gasteiger partial charge is 0.0672 e. The molecule has 114 valence electrons. The predicted octanol–water partition coefficient (Wildman–Crippen LogP) is 3.86. The molecule has 4 rings (SSSR count). The Morgan fingerprint density at radius 2 is 1.73 bits per heavy atom. The van der Waals surface area contributed by atoms with Crippen LogP contribution in [0.15, 0.2) is 48.5 Å². The number of hydrogen-bond acceptors (Lipinski definition) is 2. The minimum atomic E-state index is 0.500. The highest BCUT2D eigenvalue weighted by molar-refractivity contribution is 5.60. The van der Waals surface area contributed by atoms with Crippen molar-refractivity contribution in [2.75, 3.05) is 31.1 Å². The molecule has 0 saturated carbocycles. The number of anilines is 1. The third-order valence-corrected chi connectivity index (χ3v) is 5.10. The van der Waals surface area contributed by atoms with Gasteiger partial charge in [0.1, 0.15) is 0 Å². The van der Waals surface area contributed by atoms with E-state index in [9.17, 15) is 0 Å². The molecule has 1 unspecified atom stereocenters. The van der Waals surface area contributed by atoms with E-state index in [4.69, 9.17) is 0 Å². The van der Waals surface area contributed by atoms with Gasteiger partial charge in [0, 0.05) is 25.3 Å². The van der Waals surface area contributed by atoms with Gasteiger partial charge in [-0.15, -0.1) is 0 Å². The largest absolute Gasteiger partial charge is 0.362 e. The molecule has 2 heterocycles. The number of hydrogen-bond donors (Lipinski definition) is 0. The van der Waals surface area contributed by atoms with Crippen LogP contribution in [-0.2, 0) is 6.42 Å². The number of nitrogens with zero attached hydrogens (tertiary/aromatic N) is 2. The molecular formula is C20H24N2. The van der Waals surface area contributed by atoms with Gasteiger partial charge in [0.25, 0.3) is 0 Å². The van der Waals surface area contributed by atoms with Gasteiger partial charge in [-0.1, -0.05) is 49.4 Å². The van der Waals surface area contributed by atoms with E-state index in [-0.39, 0.29) is 0 Å². The fourth-order valence-electron chi connectivity index (χ4n) is 4.08. The van der Waals surface area contributed by atoms with Crippen molar-refractivity contribution in [1.29, 1.82) is 0 Å². The topological polar surface area (TPSA) is 6.48 Å². The second kappa shape index (κ2) is 5.77. The highest BCUT2D eigenvalue weighted by Gasteiger charge is 2.32. The maximum absolute atomic E-state index is 2.65. The van der Waals surface area contributed by atoms with Crippen LogP contribution in [0.2, 0.25) is 0 Å². The standard InChI is InChI=1S/C20H24N2/c1-2-11-21-12-13-22-19-10-6-4-8-17(19)14-16-7-3-5-9-18(16)20(22)15-21/h3-10,20H,2,11-15H2,1H3. The van der Waals surface area contributed by atoms with Gasteiger partial charge >= 0.3 is 0 Å². The summed E-state index contributed by atoms with van der Waals surface area (Å²) in [5, 5.41) is 0. The summed E-state index contributed by atoms with van der Waals surface area (Å²) >= 11 is 0. The molecule has 2 aromatic carbocycles. The van der Waals surface area contributed by atoms with Gasteiger partial charge in [0.2, 0.25) is 0 Å². The summed E-state index contributed by atoms with van der Waals surface area (Å²) in [6, 6.07) is 18.5. The minimum Gasteiger partial charge on any atom is -0.362 e. The van der Waals surface area contributed by atoms with Crippen LogP contribution in [0.1, 0.15) is 36.1 Å². The zero-order valence-electron chi connectivity index (χ0n) is 13.3. The Labute approximate surface area is 133 Å². The number of benzene rings is 2. The first kappa shape index (κ1) is 13.8. The van der Waals surface area contributed by atoms with Gasteiger partial charge in [-0.05, 0) is 42.1 Å². The lowest BCUT2D eigenvalue weighted by atomic mass is 9.96. The molecule has 0 N–H and O–H groups in total. The van der Waals surface area contributed by atoms with Crippen molar-refractivity contribution in [3.05, 3.63) is 65.2 Å². The Hall–Kier alpha value is -1.80. The lowest BCUT2D eigenvalue weighted by Gasteiger charge is -2.43. The minimum absolute atomic E-state index is 0.500. The zero-order chi connectivity index (χ0) is 14.9. The summed E-state index contributed by atoms with van der Waals surface area (Å²) in [5.74, 6) is 0. The molecule has 1 saturated heterocycles. The van der Waals surface area contributed by atoms with Crippen molar-refractivity contribution in [2.24, 2.45) is 0 Å². The molecule has 2 aromatic rings. The second-order valence-electron chi connectivity index (χ2n) is 6.51. The molecule has 0 aliphatic carbocycles. The predicted molar refractivity (Wildman–Crippen MR) is 92.5 cm³/mol. The van der Waals surface area contributed by atoms with Crippen LogP contribution >= 0.6 is 0 Å². The third kappa shape index (κ3) is 2.32. The van der Waals surface area contributed by atoms with E-state index in [1.165, 1.54) is 41.9 Å².